The fraction of sp³-hybridized carbons (Fsp3) is 0.435. The summed E-state index contributed by atoms with van der Waals surface area (Å²) >= 11 is 0. The Kier molecular flexibility index (Phi) is 9.52. The van der Waals surface area contributed by atoms with Crippen molar-refractivity contribution in [1.29, 1.82) is 0 Å². The molecule has 1 aromatic carbocycles. The molecule has 5 nitrogen and oxygen atoms in total. The summed E-state index contributed by atoms with van der Waals surface area (Å²) in [7, 11) is 3.90. The summed E-state index contributed by atoms with van der Waals surface area (Å²) in [4.78, 5) is 18.9. The molecule has 0 radical (unpaired) electrons. The molecule has 1 amide bonds. The average molecular weight is 386 g/mol. The molecule has 1 N–H and O–H groups in total. The van der Waals surface area contributed by atoms with Crippen LogP contribution in [-0.2, 0) is 11.3 Å². The quantitative estimate of drug-likeness (QED) is 0.466. The van der Waals surface area contributed by atoms with Crippen molar-refractivity contribution in [3.8, 4) is 0 Å². The monoisotopic (exact) mass is 385 g/mol. The molecule has 5 heteroatoms. The van der Waals surface area contributed by atoms with E-state index in [0.717, 1.165) is 24.4 Å². The lowest BCUT2D eigenvalue weighted by molar-refractivity contribution is -0.136. The maximum atomic E-state index is 12.9. The van der Waals surface area contributed by atoms with Crippen LogP contribution in [0.15, 0.2) is 61.0 Å². The van der Waals surface area contributed by atoms with Gasteiger partial charge in [0.25, 0.3) is 0 Å². The van der Waals surface area contributed by atoms with Crippen molar-refractivity contribution < 1.29 is 9.90 Å². The molecule has 0 aromatic heterocycles. The molecule has 1 aromatic rings. The van der Waals surface area contributed by atoms with Gasteiger partial charge in [0.2, 0.25) is 5.91 Å². The van der Waals surface area contributed by atoms with E-state index in [9.17, 15) is 4.79 Å². The second kappa shape index (κ2) is 11.3. The predicted molar refractivity (Wildman–Crippen MR) is 117 cm³/mol. The van der Waals surface area contributed by atoms with Crippen molar-refractivity contribution in [2.75, 3.05) is 33.7 Å². The van der Waals surface area contributed by atoms with Crippen molar-refractivity contribution >= 4 is 5.91 Å². The normalized spacial score (nSPS) is 12.2. The molecule has 0 aliphatic heterocycles. The summed E-state index contributed by atoms with van der Waals surface area (Å²) in [6.45, 7) is 16.2. The minimum atomic E-state index is -0.208. The number of rotatable bonds is 11. The summed E-state index contributed by atoms with van der Waals surface area (Å²) < 4.78 is 0. The van der Waals surface area contributed by atoms with E-state index in [4.69, 9.17) is 5.11 Å². The van der Waals surface area contributed by atoms with E-state index in [1.54, 1.807) is 6.08 Å². The number of likely N-dealkylation sites (N-methyl/N-ethyl adjacent to an activating group) is 3. The summed E-state index contributed by atoms with van der Waals surface area (Å²) in [6.07, 6.45) is 3.23. The Morgan fingerprint density at radius 2 is 1.75 bits per heavy atom. The van der Waals surface area contributed by atoms with Crippen molar-refractivity contribution in [3.05, 3.63) is 72.2 Å². The summed E-state index contributed by atoms with van der Waals surface area (Å²) in [5, 5.41) is 9.14. The van der Waals surface area contributed by atoms with E-state index in [-0.39, 0.29) is 17.7 Å². The molecule has 1 rings (SSSR count). The minimum absolute atomic E-state index is 0.000814. The number of carbonyl (C=O) groups is 1. The molecule has 0 heterocycles. The van der Waals surface area contributed by atoms with E-state index < -0.39 is 0 Å². The molecule has 1 unspecified atom stereocenters. The van der Waals surface area contributed by atoms with Gasteiger partial charge < -0.3 is 14.9 Å². The van der Waals surface area contributed by atoms with Crippen molar-refractivity contribution in [2.24, 2.45) is 0 Å². The number of benzene rings is 1. The molecule has 0 bridgehead atoms. The highest BCUT2D eigenvalue weighted by Crippen LogP contribution is 2.10. The van der Waals surface area contributed by atoms with Gasteiger partial charge in [0.15, 0.2) is 0 Å². The van der Waals surface area contributed by atoms with E-state index in [0.29, 0.717) is 13.1 Å². The fourth-order valence-corrected chi connectivity index (χ4v) is 2.68. The number of aliphatic hydroxyl groups is 1. The van der Waals surface area contributed by atoms with Gasteiger partial charge in [-0.1, -0.05) is 43.0 Å². The van der Waals surface area contributed by atoms with Gasteiger partial charge in [0, 0.05) is 38.9 Å². The first-order chi connectivity index (χ1) is 13.1. The Morgan fingerprint density at radius 1 is 1.14 bits per heavy atom. The Hall–Kier alpha value is -2.53. The van der Waals surface area contributed by atoms with Crippen molar-refractivity contribution in [1.82, 2.24) is 14.7 Å². The van der Waals surface area contributed by atoms with Crippen LogP contribution in [0.2, 0.25) is 0 Å². The largest absolute Gasteiger partial charge is 0.509 e. The lowest BCUT2D eigenvalue weighted by atomic mass is 10.1. The van der Waals surface area contributed by atoms with Gasteiger partial charge >= 0.3 is 0 Å². The van der Waals surface area contributed by atoms with Crippen LogP contribution < -0.4 is 0 Å². The van der Waals surface area contributed by atoms with Crippen LogP contribution in [0.25, 0.3) is 0 Å². The number of carbonyl (C=O) groups excluding carboxylic acids is 1. The summed E-state index contributed by atoms with van der Waals surface area (Å²) in [5.74, 6) is 0.127. The Balaban J connectivity index is 2.60. The molecule has 0 aliphatic carbocycles. The minimum Gasteiger partial charge on any atom is -0.509 e. The molecule has 1 atom stereocenters. The molecule has 0 aliphatic rings. The Bertz CT molecular complexity index is 694. The summed E-state index contributed by atoms with van der Waals surface area (Å²) in [6, 6.07) is 8.10. The number of aryl methyl sites for hydroxylation is 1. The number of aliphatic hydroxyl groups excluding tert-OH is 1. The van der Waals surface area contributed by atoms with Crippen molar-refractivity contribution in [3.63, 3.8) is 0 Å². The average Bonchev–Trinajstić information content (AvgIpc) is 2.68. The second-order valence-electron chi connectivity index (χ2n) is 7.23. The van der Waals surface area contributed by atoms with Gasteiger partial charge in [0.05, 0.1) is 6.04 Å². The molecule has 154 valence electrons. The van der Waals surface area contributed by atoms with Gasteiger partial charge in [-0.3, -0.25) is 9.69 Å². The van der Waals surface area contributed by atoms with Crippen LogP contribution in [0.3, 0.4) is 0 Å². The third-order valence-corrected chi connectivity index (χ3v) is 4.95. The van der Waals surface area contributed by atoms with E-state index in [2.05, 4.69) is 49.2 Å². The van der Waals surface area contributed by atoms with E-state index >= 15 is 0 Å². The van der Waals surface area contributed by atoms with Gasteiger partial charge in [0.1, 0.15) is 5.76 Å². The molecular weight excluding hydrogens is 350 g/mol. The molecule has 0 saturated carbocycles. The van der Waals surface area contributed by atoms with Crippen LogP contribution in [0, 0.1) is 6.92 Å². The standard InChI is InChI=1S/C23H35N3O2/c1-8-26(17-22-13-9-18(2)10-14-22)23(28)21(5)25(7)16-15-24(6)19(3)11-12-20(4)27/h9-14,21,27H,3-4,8,15-17H2,1-2,5-7H3/b12-11-. The van der Waals surface area contributed by atoms with E-state index in [1.807, 2.05) is 37.7 Å². The summed E-state index contributed by atoms with van der Waals surface area (Å²) in [5.41, 5.74) is 3.14. The number of allylic oxidation sites excluding steroid dienone is 2. The second-order valence-corrected chi connectivity index (χ2v) is 7.23. The zero-order valence-electron chi connectivity index (χ0n) is 18.0. The number of amides is 1. The van der Waals surface area contributed by atoms with Crippen LogP contribution in [0.1, 0.15) is 25.0 Å². The maximum absolute atomic E-state index is 12.9. The third-order valence-electron chi connectivity index (χ3n) is 4.95. The number of hydrogen-bond donors (Lipinski definition) is 1. The van der Waals surface area contributed by atoms with Crippen LogP contribution in [0.5, 0.6) is 0 Å². The predicted octanol–water partition coefficient (Wildman–Crippen LogP) is 3.74. The zero-order chi connectivity index (χ0) is 21.3. The van der Waals surface area contributed by atoms with Crippen LogP contribution >= 0.6 is 0 Å². The first-order valence-corrected chi connectivity index (χ1v) is 9.66. The molecule has 0 fully saturated rings. The zero-order valence-corrected chi connectivity index (χ0v) is 18.0. The van der Waals surface area contributed by atoms with Gasteiger partial charge in [-0.25, -0.2) is 0 Å². The van der Waals surface area contributed by atoms with E-state index in [1.165, 1.54) is 11.6 Å². The van der Waals surface area contributed by atoms with Crippen molar-refractivity contribution in [2.45, 2.75) is 33.4 Å². The van der Waals surface area contributed by atoms with Gasteiger partial charge in [-0.05, 0) is 45.5 Å². The fourth-order valence-electron chi connectivity index (χ4n) is 2.68. The Morgan fingerprint density at radius 3 is 2.29 bits per heavy atom. The highest BCUT2D eigenvalue weighted by Gasteiger charge is 2.23. The molecule has 0 saturated heterocycles. The highest BCUT2D eigenvalue weighted by molar-refractivity contribution is 5.81. The lowest BCUT2D eigenvalue weighted by Crippen LogP contribution is -2.47. The molecule has 28 heavy (non-hydrogen) atoms. The Labute approximate surface area is 170 Å². The topological polar surface area (TPSA) is 47.0 Å². The molecular formula is C23H35N3O2. The number of hydrogen-bond acceptors (Lipinski definition) is 4. The third kappa shape index (κ3) is 7.61. The first kappa shape index (κ1) is 23.5. The first-order valence-electron chi connectivity index (χ1n) is 9.66. The smallest absolute Gasteiger partial charge is 0.239 e. The van der Waals surface area contributed by atoms with Gasteiger partial charge in [-0.2, -0.15) is 0 Å². The maximum Gasteiger partial charge on any atom is 0.239 e. The van der Waals surface area contributed by atoms with Crippen LogP contribution in [-0.4, -0.2) is 65.5 Å². The SMILES string of the molecule is C=C(O)/C=C\C(=C)N(C)CCN(C)C(C)C(=O)N(CC)Cc1ccc(C)cc1. The van der Waals surface area contributed by atoms with Crippen LogP contribution in [0.4, 0.5) is 0 Å². The molecule has 0 spiro atoms. The lowest BCUT2D eigenvalue weighted by Gasteiger charge is -2.31. The van der Waals surface area contributed by atoms with Gasteiger partial charge in [-0.15, -0.1) is 0 Å². The number of nitrogens with zero attached hydrogens (tertiary/aromatic N) is 3. The highest BCUT2D eigenvalue weighted by atomic mass is 16.3.